The molecule has 3 aromatic carbocycles. The fraction of sp³-hybridized carbons (Fsp3) is 0.0833. The number of carbonyl (C=O) groups excluding carboxylic acids is 2. The number of para-hydroxylation sites is 1. The minimum Gasteiger partial charge on any atom is -0.364 e. The SMILES string of the molecule is Cc1cc(C)cc(NC(=O)Nc2ccc(-c3c(C(N)=O)[nH]c4ccccc34)cc2)c1. The second kappa shape index (κ2) is 7.75. The molecule has 0 aliphatic heterocycles. The topological polar surface area (TPSA) is 100 Å². The first kappa shape index (κ1) is 19.3. The Hall–Kier alpha value is -4.06. The Morgan fingerprint density at radius 3 is 2.13 bits per heavy atom. The number of hydrogen-bond donors (Lipinski definition) is 4. The number of carbonyl (C=O) groups is 2. The predicted octanol–water partition coefficient (Wildman–Crippen LogP) is 5.19. The van der Waals surface area contributed by atoms with Crippen LogP contribution in [0.2, 0.25) is 0 Å². The number of aromatic nitrogens is 1. The van der Waals surface area contributed by atoms with E-state index >= 15 is 0 Å². The number of anilines is 2. The van der Waals surface area contributed by atoms with Crippen molar-refractivity contribution in [2.75, 3.05) is 10.6 Å². The van der Waals surface area contributed by atoms with Crippen molar-refractivity contribution in [3.05, 3.63) is 83.6 Å². The predicted molar refractivity (Wildman–Crippen MR) is 121 cm³/mol. The molecule has 0 aliphatic rings. The molecule has 0 fully saturated rings. The van der Waals surface area contributed by atoms with Crippen LogP contribution >= 0.6 is 0 Å². The molecule has 4 aromatic rings. The van der Waals surface area contributed by atoms with Crippen LogP contribution in [0, 0.1) is 13.8 Å². The summed E-state index contributed by atoms with van der Waals surface area (Å²) in [5.74, 6) is -0.517. The van der Waals surface area contributed by atoms with E-state index in [0.717, 1.165) is 38.8 Å². The van der Waals surface area contributed by atoms with Crippen LogP contribution in [0.25, 0.3) is 22.0 Å². The first-order valence-electron chi connectivity index (χ1n) is 9.58. The molecular weight excluding hydrogens is 376 g/mol. The number of rotatable bonds is 4. The lowest BCUT2D eigenvalue weighted by molar-refractivity contribution is 0.0997. The van der Waals surface area contributed by atoms with E-state index in [1.54, 1.807) is 12.1 Å². The van der Waals surface area contributed by atoms with Crippen molar-refractivity contribution < 1.29 is 9.59 Å². The van der Waals surface area contributed by atoms with E-state index in [9.17, 15) is 9.59 Å². The third kappa shape index (κ3) is 3.89. The number of nitrogens with two attached hydrogens (primary N) is 1. The normalized spacial score (nSPS) is 10.7. The van der Waals surface area contributed by atoms with Gasteiger partial charge in [-0.2, -0.15) is 0 Å². The van der Waals surface area contributed by atoms with Crippen LogP contribution in [0.15, 0.2) is 66.7 Å². The van der Waals surface area contributed by atoms with Crippen molar-refractivity contribution in [1.29, 1.82) is 0 Å². The average Bonchev–Trinajstić information content (AvgIpc) is 3.07. The average molecular weight is 398 g/mol. The molecule has 30 heavy (non-hydrogen) atoms. The summed E-state index contributed by atoms with van der Waals surface area (Å²) in [4.78, 5) is 27.4. The van der Waals surface area contributed by atoms with E-state index in [0.29, 0.717) is 11.4 Å². The van der Waals surface area contributed by atoms with Gasteiger partial charge in [0.1, 0.15) is 5.69 Å². The van der Waals surface area contributed by atoms with Crippen LogP contribution in [0.4, 0.5) is 16.2 Å². The molecule has 0 unspecified atom stereocenters. The molecule has 3 amide bonds. The van der Waals surface area contributed by atoms with Gasteiger partial charge in [0.2, 0.25) is 0 Å². The monoisotopic (exact) mass is 398 g/mol. The van der Waals surface area contributed by atoms with Gasteiger partial charge >= 0.3 is 6.03 Å². The first-order valence-corrected chi connectivity index (χ1v) is 9.58. The lowest BCUT2D eigenvalue weighted by Gasteiger charge is -2.10. The highest BCUT2D eigenvalue weighted by molar-refractivity contribution is 6.09. The maximum absolute atomic E-state index is 12.3. The number of hydrogen-bond acceptors (Lipinski definition) is 2. The van der Waals surface area contributed by atoms with Gasteiger partial charge in [0.05, 0.1) is 0 Å². The van der Waals surface area contributed by atoms with E-state index in [1.807, 2.05) is 68.4 Å². The van der Waals surface area contributed by atoms with Crippen LogP contribution in [0.5, 0.6) is 0 Å². The molecule has 0 aliphatic carbocycles. The van der Waals surface area contributed by atoms with E-state index in [1.165, 1.54) is 0 Å². The Kier molecular flexibility index (Phi) is 4.98. The molecule has 6 nitrogen and oxygen atoms in total. The summed E-state index contributed by atoms with van der Waals surface area (Å²) < 4.78 is 0. The Bertz CT molecular complexity index is 1240. The molecule has 6 heteroatoms. The zero-order valence-electron chi connectivity index (χ0n) is 16.7. The summed E-state index contributed by atoms with van der Waals surface area (Å²) >= 11 is 0. The number of amides is 3. The second-order valence-corrected chi connectivity index (χ2v) is 7.32. The van der Waals surface area contributed by atoms with Crippen molar-refractivity contribution in [2.24, 2.45) is 5.73 Å². The third-order valence-corrected chi connectivity index (χ3v) is 4.86. The van der Waals surface area contributed by atoms with Crippen LogP contribution in [0.1, 0.15) is 21.6 Å². The standard InChI is InChI=1S/C24H22N4O2/c1-14-11-15(2)13-18(12-14)27-24(30)26-17-9-7-16(8-10-17)21-19-5-3-4-6-20(19)28-22(21)23(25)29/h3-13,28H,1-2H3,(H2,25,29)(H2,26,27,30). The molecule has 0 saturated heterocycles. The van der Waals surface area contributed by atoms with Crippen molar-refractivity contribution >= 4 is 34.2 Å². The molecule has 0 atom stereocenters. The van der Waals surface area contributed by atoms with Gasteiger partial charge in [-0.15, -0.1) is 0 Å². The third-order valence-electron chi connectivity index (χ3n) is 4.86. The molecule has 1 aromatic heterocycles. The van der Waals surface area contributed by atoms with E-state index in [4.69, 9.17) is 5.73 Å². The number of primary amides is 1. The van der Waals surface area contributed by atoms with Crippen molar-refractivity contribution in [2.45, 2.75) is 13.8 Å². The van der Waals surface area contributed by atoms with Crippen molar-refractivity contribution in [1.82, 2.24) is 4.98 Å². The quantitative estimate of drug-likeness (QED) is 0.380. The highest BCUT2D eigenvalue weighted by atomic mass is 16.2. The van der Waals surface area contributed by atoms with Crippen molar-refractivity contribution in [3.63, 3.8) is 0 Å². The highest BCUT2D eigenvalue weighted by Gasteiger charge is 2.17. The largest absolute Gasteiger partial charge is 0.364 e. The number of benzene rings is 3. The molecule has 0 radical (unpaired) electrons. The lowest BCUT2D eigenvalue weighted by Crippen LogP contribution is -2.19. The molecule has 5 N–H and O–H groups in total. The van der Waals surface area contributed by atoms with E-state index in [-0.39, 0.29) is 6.03 Å². The van der Waals surface area contributed by atoms with E-state index in [2.05, 4.69) is 15.6 Å². The minimum absolute atomic E-state index is 0.322. The molecular formula is C24H22N4O2. The van der Waals surface area contributed by atoms with Gasteiger partial charge in [0.15, 0.2) is 0 Å². The Morgan fingerprint density at radius 2 is 1.47 bits per heavy atom. The molecule has 4 rings (SSSR count). The summed E-state index contributed by atoms with van der Waals surface area (Å²) in [5.41, 5.74) is 11.9. The van der Waals surface area contributed by atoms with Gasteiger partial charge < -0.3 is 21.4 Å². The number of H-pyrrole nitrogens is 1. The first-order chi connectivity index (χ1) is 14.4. The summed E-state index contributed by atoms with van der Waals surface area (Å²) in [5, 5.41) is 6.59. The Labute approximate surface area is 174 Å². The Morgan fingerprint density at radius 1 is 0.833 bits per heavy atom. The lowest BCUT2D eigenvalue weighted by atomic mass is 10.0. The summed E-state index contributed by atoms with van der Waals surface area (Å²) in [7, 11) is 0. The van der Waals surface area contributed by atoms with Gasteiger partial charge in [-0.1, -0.05) is 36.4 Å². The molecule has 0 spiro atoms. The molecule has 0 saturated carbocycles. The zero-order valence-corrected chi connectivity index (χ0v) is 16.7. The number of aromatic amines is 1. The van der Waals surface area contributed by atoms with Crippen LogP contribution in [-0.2, 0) is 0 Å². The maximum atomic E-state index is 12.3. The number of urea groups is 1. The fourth-order valence-corrected chi connectivity index (χ4v) is 3.69. The number of fused-ring (bicyclic) bond motifs is 1. The summed E-state index contributed by atoms with van der Waals surface area (Å²) in [6.07, 6.45) is 0. The summed E-state index contributed by atoms with van der Waals surface area (Å²) in [6, 6.07) is 20.5. The van der Waals surface area contributed by atoms with Gasteiger partial charge in [-0.25, -0.2) is 4.79 Å². The van der Waals surface area contributed by atoms with Crippen LogP contribution in [-0.4, -0.2) is 16.9 Å². The molecule has 1 heterocycles. The highest BCUT2D eigenvalue weighted by Crippen LogP contribution is 2.33. The smallest absolute Gasteiger partial charge is 0.323 e. The summed E-state index contributed by atoms with van der Waals surface area (Å²) in [6.45, 7) is 3.97. The molecule has 0 bridgehead atoms. The van der Waals surface area contributed by atoms with E-state index < -0.39 is 5.91 Å². The maximum Gasteiger partial charge on any atom is 0.323 e. The number of nitrogens with one attached hydrogen (secondary N) is 3. The minimum atomic E-state index is -0.517. The van der Waals surface area contributed by atoms with Gasteiger partial charge in [0.25, 0.3) is 5.91 Å². The van der Waals surface area contributed by atoms with Crippen LogP contribution < -0.4 is 16.4 Å². The van der Waals surface area contributed by atoms with Gasteiger partial charge in [-0.05, 0) is 60.9 Å². The zero-order chi connectivity index (χ0) is 21.3. The van der Waals surface area contributed by atoms with Gasteiger partial charge in [-0.3, -0.25) is 4.79 Å². The van der Waals surface area contributed by atoms with Gasteiger partial charge in [0, 0.05) is 27.8 Å². The Balaban J connectivity index is 1.56. The fourth-order valence-electron chi connectivity index (χ4n) is 3.69. The number of aryl methyl sites for hydroxylation is 2. The van der Waals surface area contributed by atoms with Crippen LogP contribution in [0.3, 0.4) is 0 Å². The van der Waals surface area contributed by atoms with Crippen molar-refractivity contribution in [3.8, 4) is 11.1 Å². The second-order valence-electron chi connectivity index (χ2n) is 7.32. The molecule has 150 valence electrons.